The fourth-order valence-electron chi connectivity index (χ4n) is 3.09. The zero-order valence-electron chi connectivity index (χ0n) is 14.0. The molecule has 7 heteroatoms. The molecule has 2 amide bonds. The number of ether oxygens (including phenoxy) is 2. The molecule has 26 heavy (non-hydrogen) atoms. The summed E-state index contributed by atoms with van der Waals surface area (Å²) < 4.78 is 11.0. The van der Waals surface area contributed by atoms with Crippen LogP contribution in [0.3, 0.4) is 0 Å². The fourth-order valence-corrected chi connectivity index (χ4v) is 3.36. The highest BCUT2D eigenvalue weighted by atomic mass is 35.5. The molecule has 0 aromatic heterocycles. The molecule has 1 saturated heterocycles. The Kier molecular flexibility index (Phi) is 4.42. The van der Waals surface area contributed by atoms with Gasteiger partial charge >= 0.3 is 0 Å². The van der Waals surface area contributed by atoms with Crippen LogP contribution in [0.4, 0.5) is 11.4 Å². The lowest BCUT2D eigenvalue weighted by atomic mass is 10.1. The predicted molar refractivity (Wildman–Crippen MR) is 98.4 cm³/mol. The summed E-state index contributed by atoms with van der Waals surface area (Å²) in [5.41, 5.74) is 1.86. The number of benzene rings is 2. The van der Waals surface area contributed by atoms with Crippen LogP contribution in [0.25, 0.3) is 0 Å². The van der Waals surface area contributed by atoms with Crippen molar-refractivity contribution < 1.29 is 19.1 Å². The Morgan fingerprint density at radius 3 is 2.62 bits per heavy atom. The van der Waals surface area contributed by atoms with Crippen LogP contribution in [0.2, 0.25) is 5.02 Å². The molecule has 0 unspecified atom stereocenters. The number of carbonyl (C=O) groups excluding carboxylic acids is 2. The minimum Gasteiger partial charge on any atom is -0.486 e. The molecule has 2 aromatic carbocycles. The van der Waals surface area contributed by atoms with Gasteiger partial charge in [-0.2, -0.15) is 0 Å². The first-order chi connectivity index (χ1) is 12.6. The highest BCUT2D eigenvalue weighted by Crippen LogP contribution is 2.38. The number of hydrogen-bond acceptors (Lipinski definition) is 4. The molecule has 134 valence electrons. The molecule has 2 aliphatic rings. The van der Waals surface area contributed by atoms with E-state index in [1.54, 1.807) is 29.2 Å². The summed E-state index contributed by atoms with van der Waals surface area (Å²) in [5.74, 6) is 0.771. The Balaban J connectivity index is 1.49. The molecule has 0 saturated carbocycles. The van der Waals surface area contributed by atoms with Gasteiger partial charge in [0.2, 0.25) is 5.91 Å². The quantitative estimate of drug-likeness (QED) is 0.895. The van der Waals surface area contributed by atoms with E-state index >= 15 is 0 Å². The van der Waals surface area contributed by atoms with Crippen molar-refractivity contribution >= 4 is 34.8 Å². The summed E-state index contributed by atoms with van der Waals surface area (Å²) in [4.78, 5) is 26.1. The van der Waals surface area contributed by atoms with Crippen LogP contribution in [0.1, 0.15) is 23.2 Å². The van der Waals surface area contributed by atoms with Gasteiger partial charge in [-0.15, -0.1) is 0 Å². The summed E-state index contributed by atoms with van der Waals surface area (Å²) >= 11 is 6.18. The number of rotatable bonds is 3. The average molecular weight is 373 g/mol. The molecular weight excluding hydrogens is 356 g/mol. The summed E-state index contributed by atoms with van der Waals surface area (Å²) in [6.45, 7) is 1.59. The smallest absolute Gasteiger partial charge is 0.255 e. The van der Waals surface area contributed by atoms with Gasteiger partial charge in [-0.1, -0.05) is 11.6 Å². The van der Waals surface area contributed by atoms with Crippen molar-refractivity contribution in [2.24, 2.45) is 0 Å². The number of anilines is 2. The maximum absolute atomic E-state index is 12.5. The molecule has 0 spiro atoms. The van der Waals surface area contributed by atoms with Crippen LogP contribution in [0, 0.1) is 0 Å². The molecule has 0 radical (unpaired) electrons. The van der Waals surface area contributed by atoms with E-state index in [1.807, 2.05) is 12.1 Å². The maximum atomic E-state index is 12.5. The molecule has 0 bridgehead atoms. The topological polar surface area (TPSA) is 67.9 Å². The van der Waals surface area contributed by atoms with Crippen LogP contribution >= 0.6 is 11.6 Å². The van der Waals surface area contributed by atoms with E-state index in [1.165, 1.54) is 0 Å². The monoisotopic (exact) mass is 372 g/mol. The second-order valence-corrected chi connectivity index (χ2v) is 6.54. The SMILES string of the molecule is O=C(Nc1ccc(N2CCCC2=O)cc1)c1cc(Cl)c2c(c1)OCCO2. The number of amides is 2. The number of fused-ring (bicyclic) bond motifs is 1. The molecule has 1 fully saturated rings. The Bertz CT molecular complexity index is 867. The molecule has 2 heterocycles. The van der Waals surface area contributed by atoms with Gasteiger partial charge in [-0.05, 0) is 42.8 Å². The van der Waals surface area contributed by atoms with Crippen molar-refractivity contribution in [3.63, 3.8) is 0 Å². The van der Waals surface area contributed by atoms with Crippen LogP contribution in [-0.4, -0.2) is 31.6 Å². The van der Waals surface area contributed by atoms with Gasteiger partial charge in [0.25, 0.3) is 5.91 Å². The zero-order chi connectivity index (χ0) is 18.1. The third kappa shape index (κ3) is 3.20. The number of halogens is 1. The second-order valence-electron chi connectivity index (χ2n) is 6.13. The Morgan fingerprint density at radius 2 is 1.88 bits per heavy atom. The summed E-state index contributed by atoms with van der Waals surface area (Å²) in [6.07, 6.45) is 1.46. The van der Waals surface area contributed by atoms with Crippen molar-refractivity contribution in [3.8, 4) is 11.5 Å². The highest BCUT2D eigenvalue weighted by molar-refractivity contribution is 6.32. The highest BCUT2D eigenvalue weighted by Gasteiger charge is 2.22. The summed E-state index contributed by atoms with van der Waals surface area (Å²) in [7, 11) is 0. The van der Waals surface area contributed by atoms with Gasteiger partial charge in [0.05, 0.1) is 5.02 Å². The van der Waals surface area contributed by atoms with E-state index in [9.17, 15) is 9.59 Å². The first kappa shape index (κ1) is 16.7. The van der Waals surface area contributed by atoms with Gasteiger partial charge in [-0.25, -0.2) is 0 Å². The molecule has 4 rings (SSSR count). The predicted octanol–water partition coefficient (Wildman–Crippen LogP) is 3.49. The van der Waals surface area contributed by atoms with E-state index < -0.39 is 0 Å². The van der Waals surface area contributed by atoms with Gasteiger partial charge in [0.1, 0.15) is 13.2 Å². The minimum absolute atomic E-state index is 0.132. The largest absolute Gasteiger partial charge is 0.486 e. The standard InChI is InChI=1S/C19H17ClN2O4/c20-15-10-12(11-16-18(15)26-9-8-25-16)19(24)21-13-3-5-14(6-4-13)22-7-1-2-17(22)23/h3-6,10-11H,1-2,7-9H2,(H,21,24). The maximum Gasteiger partial charge on any atom is 0.255 e. The molecule has 6 nitrogen and oxygen atoms in total. The molecule has 2 aromatic rings. The zero-order valence-corrected chi connectivity index (χ0v) is 14.7. The lowest BCUT2D eigenvalue weighted by Gasteiger charge is -2.20. The molecular formula is C19H17ClN2O4. The molecule has 0 aliphatic carbocycles. The van der Waals surface area contributed by atoms with Crippen molar-refractivity contribution in [2.45, 2.75) is 12.8 Å². The third-order valence-corrected chi connectivity index (χ3v) is 4.65. The number of nitrogens with zero attached hydrogens (tertiary/aromatic N) is 1. The van der Waals surface area contributed by atoms with Crippen LogP contribution in [0.15, 0.2) is 36.4 Å². The number of nitrogens with one attached hydrogen (secondary N) is 1. The molecule has 1 N–H and O–H groups in total. The van der Waals surface area contributed by atoms with E-state index in [0.29, 0.717) is 47.4 Å². The minimum atomic E-state index is -0.297. The lowest BCUT2D eigenvalue weighted by Crippen LogP contribution is -2.23. The van der Waals surface area contributed by atoms with E-state index in [4.69, 9.17) is 21.1 Å². The van der Waals surface area contributed by atoms with Gasteiger partial charge in [0.15, 0.2) is 11.5 Å². The Hall–Kier alpha value is -2.73. The van der Waals surface area contributed by atoms with E-state index in [2.05, 4.69) is 5.32 Å². The van der Waals surface area contributed by atoms with Crippen molar-refractivity contribution in [2.75, 3.05) is 30.0 Å². The normalized spacial score (nSPS) is 15.9. The fraction of sp³-hybridized carbons (Fsp3) is 0.263. The van der Waals surface area contributed by atoms with Crippen molar-refractivity contribution in [1.29, 1.82) is 0 Å². The van der Waals surface area contributed by atoms with Gasteiger partial charge in [-0.3, -0.25) is 9.59 Å². The van der Waals surface area contributed by atoms with Crippen molar-refractivity contribution in [1.82, 2.24) is 0 Å². The number of hydrogen-bond donors (Lipinski definition) is 1. The van der Waals surface area contributed by atoms with Crippen molar-refractivity contribution in [3.05, 3.63) is 47.0 Å². The lowest BCUT2D eigenvalue weighted by molar-refractivity contribution is -0.117. The van der Waals surface area contributed by atoms with Crippen LogP contribution < -0.4 is 19.7 Å². The first-order valence-corrected chi connectivity index (χ1v) is 8.80. The van der Waals surface area contributed by atoms with Crippen LogP contribution in [-0.2, 0) is 4.79 Å². The summed E-state index contributed by atoms with van der Waals surface area (Å²) in [6, 6.07) is 10.4. The Labute approximate surface area is 155 Å². The summed E-state index contributed by atoms with van der Waals surface area (Å²) in [5, 5.41) is 3.17. The van der Waals surface area contributed by atoms with E-state index in [-0.39, 0.29) is 11.8 Å². The molecule has 0 atom stereocenters. The first-order valence-electron chi connectivity index (χ1n) is 8.43. The van der Waals surface area contributed by atoms with Gasteiger partial charge < -0.3 is 19.7 Å². The average Bonchev–Trinajstić information content (AvgIpc) is 3.08. The van der Waals surface area contributed by atoms with Gasteiger partial charge in [0, 0.05) is 29.9 Å². The van der Waals surface area contributed by atoms with E-state index in [0.717, 1.165) is 18.7 Å². The Morgan fingerprint density at radius 1 is 1.12 bits per heavy atom. The van der Waals surface area contributed by atoms with Crippen LogP contribution in [0.5, 0.6) is 11.5 Å². The molecule has 2 aliphatic heterocycles. The third-order valence-electron chi connectivity index (χ3n) is 4.37. The number of carbonyl (C=O) groups is 2. The second kappa shape index (κ2) is 6.88.